The third-order valence-electron chi connectivity index (χ3n) is 6.69. The van der Waals surface area contributed by atoms with Crippen molar-refractivity contribution in [2.75, 3.05) is 43.5 Å². The molecule has 0 radical (unpaired) electrons. The summed E-state index contributed by atoms with van der Waals surface area (Å²) in [5.41, 5.74) is 2.35. The lowest BCUT2D eigenvalue weighted by Gasteiger charge is -2.34. The molecule has 2 saturated heterocycles. The van der Waals surface area contributed by atoms with Gasteiger partial charge in [-0.2, -0.15) is 4.98 Å². The Labute approximate surface area is 209 Å². The first kappa shape index (κ1) is 22.7. The van der Waals surface area contributed by atoms with Crippen LogP contribution in [0, 0.1) is 3.57 Å². The minimum Gasteiger partial charge on any atom is -0.496 e. The Morgan fingerprint density at radius 2 is 1.85 bits per heavy atom. The Balaban J connectivity index is 1.42. The Hall–Kier alpha value is -2.13. The summed E-state index contributed by atoms with van der Waals surface area (Å²) in [5, 5.41) is 4.85. The Bertz CT molecular complexity index is 1090. The number of fused-ring (bicyclic) bond motifs is 1. The van der Waals surface area contributed by atoms with Crippen molar-refractivity contribution in [2.45, 2.75) is 44.7 Å². The zero-order valence-corrected chi connectivity index (χ0v) is 21.4. The summed E-state index contributed by atoms with van der Waals surface area (Å²) in [6, 6.07) is 15.3. The smallest absolute Gasteiger partial charge is 0.227 e. The maximum atomic E-state index is 5.62. The molecule has 2 fully saturated rings. The predicted molar refractivity (Wildman–Crippen MR) is 143 cm³/mol. The number of hydrogen-bond acceptors (Lipinski definition) is 6. The quantitative estimate of drug-likeness (QED) is 0.415. The second-order valence-corrected chi connectivity index (χ2v) is 10.3. The van der Waals surface area contributed by atoms with Gasteiger partial charge in [0.1, 0.15) is 11.6 Å². The number of nitrogens with zero attached hydrogens (tertiary/aromatic N) is 4. The first-order chi connectivity index (χ1) is 16.2. The fourth-order valence-corrected chi connectivity index (χ4v) is 5.64. The zero-order chi connectivity index (χ0) is 22.6. The van der Waals surface area contributed by atoms with Crippen molar-refractivity contribution in [3.05, 3.63) is 51.6 Å². The van der Waals surface area contributed by atoms with Crippen molar-refractivity contribution in [3.8, 4) is 5.75 Å². The molecule has 1 aromatic heterocycles. The van der Waals surface area contributed by atoms with Gasteiger partial charge in [0.05, 0.1) is 16.2 Å². The highest BCUT2D eigenvalue weighted by molar-refractivity contribution is 14.1. The number of rotatable bonds is 6. The third kappa shape index (κ3) is 5.35. The molecule has 0 amide bonds. The number of methoxy groups -OCH3 is 1. The largest absolute Gasteiger partial charge is 0.496 e. The van der Waals surface area contributed by atoms with Crippen LogP contribution in [0.2, 0.25) is 0 Å². The summed E-state index contributed by atoms with van der Waals surface area (Å²) in [7, 11) is 1.72. The lowest BCUT2D eigenvalue weighted by molar-refractivity contribution is 0.208. The Kier molecular flexibility index (Phi) is 7.16. The van der Waals surface area contributed by atoms with Crippen LogP contribution < -0.4 is 15.0 Å². The van der Waals surface area contributed by atoms with Gasteiger partial charge in [0.15, 0.2) is 0 Å². The van der Waals surface area contributed by atoms with E-state index in [0.29, 0.717) is 6.04 Å². The van der Waals surface area contributed by atoms with Crippen molar-refractivity contribution in [1.29, 1.82) is 0 Å². The molecule has 2 aliphatic rings. The average Bonchev–Trinajstić information content (AvgIpc) is 2.85. The van der Waals surface area contributed by atoms with Crippen molar-refractivity contribution >= 4 is 45.3 Å². The fourth-order valence-electron chi connectivity index (χ4n) is 4.97. The standard InChI is InChI=1S/C26H32IN5O/c1-33-24-15-21-23(16-22(24)27)29-26(32-13-6-3-7-14-32)30-25(21)28-20-11-8-12-31(18-20)17-19-9-4-2-5-10-19/h2,4-5,9-10,15-16,20H,3,6-8,11-14,17-18H2,1H3,(H,28,29,30)/t20-/m1/s1. The Morgan fingerprint density at radius 3 is 2.64 bits per heavy atom. The number of hydrogen-bond donors (Lipinski definition) is 1. The van der Waals surface area contributed by atoms with Crippen LogP contribution in [-0.2, 0) is 6.54 Å². The summed E-state index contributed by atoms with van der Waals surface area (Å²) in [6.45, 7) is 5.22. The highest BCUT2D eigenvalue weighted by Crippen LogP contribution is 2.33. The van der Waals surface area contributed by atoms with E-state index in [-0.39, 0.29) is 0 Å². The topological polar surface area (TPSA) is 53.5 Å². The number of anilines is 2. The molecule has 2 aliphatic heterocycles. The van der Waals surface area contributed by atoms with E-state index < -0.39 is 0 Å². The maximum Gasteiger partial charge on any atom is 0.227 e. The molecule has 0 bridgehead atoms. The molecule has 2 aromatic carbocycles. The third-order valence-corrected chi connectivity index (χ3v) is 7.53. The van der Waals surface area contributed by atoms with E-state index in [2.05, 4.69) is 80.2 Å². The van der Waals surface area contributed by atoms with E-state index >= 15 is 0 Å². The first-order valence-corrected chi connectivity index (χ1v) is 13.1. The van der Waals surface area contributed by atoms with Gasteiger partial charge < -0.3 is 15.0 Å². The van der Waals surface area contributed by atoms with E-state index in [1.165, 1.54) is 31.2 Å². The number of ether oxygens (including phenoxy) is 1. The zero-order valence-electron chi connectivity index (χ0n) is 19.3. The molecule has 0 aliphatic carbocycles. The number of benzene rings is 2. The highest BCUT2D eigenvalue weighted by Gasteiger charge is 2.23. The molecule has 1 atom stereocenters. The number of likely N-dealkylation sites (tertiary alicyclic amines) is 1. The molecule has 3 heterocycles. The molecule has 174 valence electrons. The average molecular weight is 557 g/mol. The normalized spacial score (nSPS) is 19.6. The molecule has 5 rings (SSSR count). The van der Waals surface area contributed by atoms with Crippen molar-refractivity contribution in [2.24, 2.45) is 0 Å². The van der Waals surface area contributed by atoms with Crippen LogP contribution in [0.25, 0.3) is 10.9 Å². The lowest BCUT2D eigenvalue weighted by Crippen LogP contribution is -2.41. The van der Waals surface area contributed by atoms with Gasteiger partial charge in [0, 0.05) is 37.6 Å². The van der Waals surface area contributed by atoms with Crippen LogP contribution in [0.15, 0.2) is 42.5 Å². The number of piperidine rings is 2. The SMILES string of the molecule is COc1cc2c(N[C@@H]3CCCN(Cc4ccccc4)C3)nc(N3CCCCC3)nc2cc1I. The van der Waals surface area contributed by atoms with Crippen molar-refractivity contribution in [3.63, 3.8) is 0 Å². The lowest BCUT2D eigenvalue weighted by atomic mass is 10.0. The van der Waals surface area contributed by atoms with E-state index in [0.717, 1.165) is 71.1 Å². The van der Waals surface area contributed by atoms with Gasteiger partial charge in [-0.25, -0.2) is 4.98 Å². The molecule has 6 nitrogen and oxygen atoms in total. The van der Waals surface area contributed by atoms with Gasteiger partial charge in [-0.1, -0.05) is 30.3 Å². The van der Waals surface area contributed by atoms with Crippen LogP contribution in [0.3, 0.4) is 0 Å². The van der Waals surface area contributed by atoms with Crippen LogP contribution in [-0.4, -0.2) is 54.2 Å². The summed E-state index contributed by atoms with van der Waals surface area (Å²) in [6.07, 6.45) is 6.05. The van der Waals surface area contributed by atoms with Gasteiger partial charge in [-0.05, 0) is 78.9 Å². The van der Waals surface area contributed by atoms with Crippen LogP contribution in [0.5, 0.6) is 5.75 Å². The number of nitrogens with one attached hydrogen (secondary N) is 1. The van der Waals surface area contributed by atoms with Crippen LogP contribution in [0.4, 0.5) is 11.8 Å². The van der Waals surface area contributed by atoms with Gasteiger partial charge in [0.25, 0.3) is 0 Å². The minimum atomic E-state index is 0.361. The van der Waals surface area contributed by atoms with E-state index in [4.69, 9.17) is 14.7 Å². The van der Waals surface area contributed by atoms with E-state index in [9.17, 15) is 0 Å². The molecule has 33 heavy (non-hydrogen) atoms. The Morgan fingerprint density at radius 1 is 1.03 bits per heavy atom. The molecule has 1 N–H and O–H groups in total. The van der Waals surface area contributed by atoms with E-state index in [1.807, 2.05) is 0 Å². The molecular weight excluding hydrogens is 525 g/mol. The minimum absolute atomic E-state index is 0.361. The monoisotopic (exact) mass is 557 g/mol. The maximum absolute atomic E-state index is 5.62. The van der Waals surface area contributed by atoms with Crippen LogP contribution >= 0.6 is 22.6 Å². The first-order valence-electron chi connectivity index (χ1n) is 12.0. The van der Waals surface area contributed by atoms with Crippen molar-refractivity contribution < 1.29 is 4.74 Å². The molecular formula is C26H32IN5O. The van der Waals surface area contributed by atoms with Gasteiger partial charge in [0.2, 0.25) is 5.95 Å². The molecule has 3 aromatic rings. The van der Waals surface area contributed by atoms with Gasteiger partial charge in [-0.3, -0.25) is 4.90 Å². The van der Waals surface area contributed by atoms with E-state index in [1.54, 1.807) is 7.11 Å². The highest BCUT2D eigenvalue weighted by atomic mass is 127. The van der Waals surface area contributed by atoms with Gasteiger partial charge >= 0.3 is 0 Å². The number of halogens is 1. The second-order valence-electron chi connectivity index (χ2n) is 9.13. The molecule has 0 unspecified atom stereocenters. The molecule has 7 heteroatoms. The molecule has 0 saturated carbocycles. The summed E-state index contributed by atoms with van der Waals surface area (Å²) < 4.78 is 6.69. The number of aromatic nitrogens is 2. The summed E-state index contributed by atoms with van der Waals surface area (Å²) in [5.74, 6) is 2.65. The van der Waals surface area contributed by atoms with Crippen LogP contribution in [0.1, 0.15) is 37.7 Å². The summed E-state index contributed by atoms with van der Waals surface area (Å²) >= 11 is 2.33. The predicted octanol–water partition coefficient (Wildman–Crippen LogP) is 5.31. The fraction of sp³-hybridized carbons (Fsp3) is 0.462. The second kappa shape index (κ2) is 10.4. The van der Waals surface area contributed by atoms with Crippen molar-refractivity contribution in [1.82, 2.24) is 14.9 Å². The summed E-state index contributed by atoms with van der Waals surface area (Å²) in [4.78, 5) is 14.9. The van der Waals surface area contributed by atoms with Gasteiger partial charge in [-0.15, -0.1) is 0 Å². The molecule has 0 spiro atoms.